The number of unbranched alkanes of at least 4 members (excludes halogenated alkanes) is 1. The highest BCUT2D eigenvalue weighted by atomic mass is 16.7. The zero-order valence-corrected chi connectivity index (χ0v) is 13.0. The maximum atomic E-state index is 9.91. The van der Waals surface area contributed by atoms with Gasteiger partial charge in [-0.15, -0.1) is 0 Å². The van der Waals surface area contributed by atoms with Crippen LogP contribution in [0.2, 0.25) is 0 Å². The van der Waals surface area contributed by atoms with Gasteiger partial charge in [0.25, 0.3) is 0 Å². The fourth-order valence-corrected chi connectivity index (χ4v) is 2.25. The SMILES string of the molecule is CCCCOc1ccc(O[C@H]2O[C@@H](CO)[C@H](O)[C@@H](O)[C@@H]2O)cc1. The number of hydrogen-bond donors (Lipinski definition) is 4. The van der Waals surface area contributed by atoms with Crippen molar-refractivity contribution in [3.63, 3.8) is 0 Å². The average molecular weight is 328 g/mol. The summed E-state index contributed by atoms with van der Waals surface area (Å²) in [5.74, 6) is 1.12. The summed E-state index contributed by atoms with van der Waals surface area (Å²) < 4.78 is 16.3. The van der Waals surface area contributed by atoms with Gasteiger partial charge in [0.15, 0.2) is 0 Å². The Hall–Kier alpha value is -1.38. The van der Waals surface area contributed by atoms with Gasteiger partial charge in [-0.25, -0.2) is 0 Å². The summed E-state index contributed by atoms with van der Waals surface area (Å²) in [5.41, 5.74) is 0. The van der Waals surface area contributed by atoms with Crippen molar-refractivity contribution in [3.05, 3.63) is 24.3 Å². The maximum Gasteiger partial charge on any atom is 0.229 e. The largest absolute Gasteiger partial charge is 0.494 e. The van der Waals surface area contributed by atoms with E-state index < -0.39 is 37.3 Å². The third-order valence-electron chi connectivity index (χ3n) is 3.69. The molecule has 0 aromatic heterocycles. The molecule has 4 N–H and O–H groups in total. The molecule has 1 aliphatic heterocycles. The van der Waals surface area contributed by atoms with Crippen LogP contribution >= 0.6 is 0 Å². The van der Waals surface area contributed by atoms with E-state index in [0.717, 1.165) is 12.8 Å². The zero-order chi connectivity index (χ0) is 16.8. The molecule has 0 amide bonds. The van der Waals surface area contributed by atoms with E-state index in [0.29, 0.717) is 18.1 Å². The normalized spacial score (nSPS) is 30.9. The minimum absolute atomic E-state index is 0.414. The molecule has 1 aromatic rings. The number of hydrogen-bond acceptors (Lipinski definition) is 7. The minimum atomic E-state index is -1.46. The lowest BCUT2D eigenvalue weighted by Gasteiger charge is -2.39. The first-order valence-corrected chi connectivity index (χ1v) is 7.76. The predicted octanol–water partition coefficient (Wildman–Crippen LogP) is 0.0442. The van der Waals surface area contributed by atoms with E-state index in [1.807, 2.05) is 0 Å². The Bertz CT molecular complexity index is 462. The van der Waals surface area contributed by atoms with Gasteiger partial charge in [-0.2, -0.15) is 0 Å². The van der Waals surface area contributed by atoms with Crippen LogP contribution < -0.4 is 9.47 Å². The van der Waals surface area contributed by atoms with Gasteiger partial charge in [-0.3, -0.25) is 0 Å². The van der Waals surface area contributed by atoms with Crippen LogP contribution in [0.25, 0.3) is 0 Å². The molecule has 1 heterocycles. The molecule has 5 atom stereocenters. The number of aliphatic hydroxyl groups is 4. The summed E-state index contributed by atoms with van der Waals surface area (Å²) >= 11 is 0. The van der Waals surface area contributed by atoms with Crippen LogP contribution in [0.4, 0.5) is 0 Å². The molecule has 2 rings (SSSR count). The quantitative estimate of drug-likeness (QED) is 0.524. The number of aliphatic hydroxyl groups excluding tert-OH is 4. The standard InChI is InChI=1S/C16H24O7/c1-2-3-8-21-10-4-6-11(7-5-10)22-16-15(20)14(19)13(18)12(9-17)23-16/h4-7,12-20H,2-3,8-9H2,1H3/t12-,13-,14+,15-,16-/m0/s1. The number of rotatable bonds is 7. The summed E-state index contributed by atoms with van der Waals surface area (Å²) in [5, 5.41) is 38.5. The Labute approximate surface area is 135 Å². The monoisotopic (exact) mass is 328 g/mol. The topological polar surface area (TPSA) is 109 Å². The second kappa shape index (κ2) is 8.47. The van der Waals surface area contributed by atoms with Gasteiger partial charge in [0.2, 0.25) is 6.29 Å². The lowest BCUT2D eigenvalue weighted by molar-refractivity contribution is -0.277. The number of ether oxygens (including phenoxy) is 3. The highest BCUT2D eigenvalue weighted by molar-refractivity contribution is 5.31. The second-order valence-corrected chi connectivity index (χ2v) is 5.49. The van der Waals surface area contributed by atoms with E-state index >= 15 is 0 Å². The van der Waals surface area contributed by atoms with Crippen molar-refractivity contribution in [1.82, 2.24) is 0 Å². The van der Waals surface area contributed by atoms with Crippen molar-refractivity contribution in [3.8, 4) is 11.5 Å². The van der Waals surface area contributed by atoms with E-state index in [4.69, 9.17) is 19.3 Å². The summed E-state index contributed by atoms with van der Waals surface area (Å²) in [6, 6.07) is 6.77. The average Bonchev–Trinajstić information content (AvgIpc) is 2.57. The first-order valence-electron chi connectivity index (χ1n) is 7.76. The van der Waals surface area contributed by atoms with Crippen molar-refractivity contribution in [1.29, 1.82) is 0 Å². The van der Waals surface area contributed by atoms with Gasteiger partial charge in [0, 0.05) is 0 Å². The molecule has 0 spiro atoms. The molecule has 0 bridgehead atoms. The molecular formula is C16H24O7. The Kier molecular flexibility index (Phi) is 6.61. The molecule has 0 radical (unpaired) electrons. The molecule has 23 heavy (non-hydrogen) atoms. The summed E-state index contributed by atoms with van der Waals surface area (Å²) in [6.45, 7) is 2.24. The third-order valence-corrected chi connectivity index (χ3v) is 3.69. The van der Waals surface area contributed by atoms with Gasteiger partial charge < -0.3 is 34.6 Å². The minimum Gasteiger partial charge on any atom is -0.494 e. The Balaban J connectivity index is 1.95. The van der Waals surface area contributed by atoms with Crippen LogP contribution in [0.15, 0.2) is 24.3 Å². The van der Waals surface area contributed by atoms with Crippen molar-refractivity contribution < 1.29 is 34.6 Å². The molecule has 1 fully saturated rings. The van der Waals surface area contributed by atoms with Crippen LogP contribution in [0, 0.1) is 0 Å². The van der Waals surface area contributed by atoms with Gasteiger partial charge in [-0.1, -0.05) is 13.3 Å². The van der Waals surface area contributed by atoms with E-state index in [9.17, 15) is 15.3 Å². The molecule has 0 unspecified atom stereocenters. The van der Waals surface area contributed by atoms with Crippen molar-refractivity contribution >= 4 is 0 Å². The van der Waals surface area contributed by atoms with E-state index in [1.165, 1.54) is 0 Å². The van der Waals surface area contributed by atoms with Gasteiger partial charge in [-0.05, 0) is 30.7 Å². The molecule has 7 nitrogen and oxygen atoms in total. The molecule has 7 heteroatoms. The first kappa shape index (κ1) is 18.0. The molecule has 1 aliphatic rings. The van der Waals surface area contributed by atoms with Crippen LogP contribution in [0.3, 0.4) is 0 Å². The van der Waals surface area contributed by atoms with Crippen LogP contribution in [0.1, 0.15) is 19.8 Å². The lowest BCUT2D eigenvalue weighted by atomic mass is 9.99. The van der Waals surface area contributed by atoms with Gasteiger partial charge in [0.05, 0.1) is 13.2 Å². The van der Waals surface area contributed by atoms with Crippen molar-refractivity contribution in [2.75, 3.05) is 13.2 Å². The molecule has 0 saturated carbocycles. The zero-order valence-electron chi connectivity index (χ0n) is 13.0. The fourth-order valence-electron chi connectivity index (χ4n) is 2.25. The van der Waals surface area contributed by atoms with Crippen molar-refractivity contribution in [2.24, 2.45) is 0 Å². The highest BCUT2D eigenvalue weighted by Gasteiger charge is 2.44. The van der Waals surface area contributed by atoms with E-state index in [1.54, 1.807) is 24.3 Å². The highest BCUT2D eigenvalue weighted by Crippen LogP contribution is 2.25. The van der Waals surface area contributed by atoms with Crippen molar-refractivity contribution in [2.45, 2.75) is 50.5 Å². The van der Waals surface area contributed by atoms with Crippen LogP contribution in [-0.2, 0) is 4.74 Å². The first-order chi connectivity index (χ1) is 11.1. The summed E-state index contributed by atoms with van der Waals surface area (Å²) in [6.07, 6.45) is -4.42. The van der Waals surface area contributed by atoms with Crippen LogP contribution in [0.5, 0.6) is 11.5 Å². The third kappa shape index (κ3) is 4.55. The lowest BCUT2D eigenvalue weighted by Crippen LogP contribution is -2.60. The molecule has 1 aromatic carbocycles. The molecule has 130 valence electrons. The maximum absolute atomic E-state index is 9.91. The number of benzene rings is 1. The molecule has 0 aliphatic carbocycles. The summed E-state index contributed by atoms with van der Waals surface area (Å²) in [4.78, 5) is 0. The smallest absolute Gasteiger partial charge is 0.229 e. The second-order valence-electron chi connectivity index (χ2n) is 5.49. The Morgan fingerprint density at radius 3 is 2.26 bits per heavy atom. The van der Waals surface area contributed by atoms with Gasteiger partial charge in [0.1, 0.15) is 35.9 Å². The molecular weight excluding hydrogens is 304 g/mol. The molecule has 1 saturated heterocycles. The van der Waals surface area contributed by atoms with Gasteiger partial charge >= 0.3 is 0 Å². The summed E-state index contributed by atoms with van der Waals surface area (Å²) in [7, 11) is 0. The van der Waals surface area contributed by atoms with Crippen LogP contribution in [-0.4, -0.2) is 64.3 Å². The fraction of sp³-hybridized carbons (Fsp3) is 0.625. The Morgan fingerprint density at radius 2 is 1.65 bits per heavy atom. The Morgan fingerprint density at radius 1 is 1.00 bits per heavy atom. The van der Waals surface area contributed by atoms with E-state index in [-0.39, 0.29) is 0 Å². The predicted molar refractivity (Wildman–Crippen MR) is 81.2 cm³/mol. The van der Waals surface area contributed by atoms with E-state index in [2.05, 4.69) is 6.92 Å².